The summed E-state index contributed by atoms with van der Waals surface area (Å²) in [4.78, 5) is 31.6. The number of aromatic amines is 1. The van der Waals surface area contributed by atoms with Crippen LogP contribution in [0.15, 0.2) is 64.8 Å². The molecule has 0 aliphatic rings. The number of H-pyrrole nitrogens is 1. The predicted molar refractivity (Wildman–Crippen MR) is 108 cm³/mol. The Morgan fingerprint density at radius 3 is 2.79 bits per heavy atom. The third kappa shape index (κ3) is 3.52. The summed E-state index contributed by atoms with van der Waals surface area (Å²) in [6.45, 7) is 0.0195. The van der Waals surface area contributed by atoms with Gasteiger partial charge >= 0.3 is 5.97 Å². The molecular formula is C21H16N2O4S. The maximum absolute atomic E-state index is 12.5. The smallest absolute Gasteiger partial charge is 0.339 e. The van der Waals surface area contributed by atoms with Crippen LogP contribution in [0.4, 0.5) is 0 Å². The quantitative estimate of drug-likeness (QED) is 0.519. The molecule has 0 fully saturated rings. The Bertz CT molecular complexity index is 1210. The van der Waals surface area contributed by atoms with Gasteiger partial charge in [0.25, 0.3) is 0 Å². The lowest BCUT2D eigenvalue weighted by molar-refractivity contribution is 0.0470. The van der Waals surface area contributed by atoms with Gasteiger partial charge in [-0.2, -0.15) is 0 Å². The molecule has 28 heavy (non-hydrogen) atoms. The largest absolute Gasteiger partial charge is 0.496 e. The Morgan fingerprint density at radius 2 is 1.93 bits per heavy atom. The van der Waals surface area contributed by atoms with Crippen LogP contribution in [-0.2, 0) is 11.3 Å². The molecule has 4 rings (SSSR count). The number of fused-ring (bicyclic) bond motifs is 1. The monoisotopic (exact) mass is 392 g/mol. The minimum absolute atomic E-state index is 0.0195. The van der Waals surface area contributed by atoms with Gasteiger partial charge in [0.15, 0.2) is 0 Å². The van der Waals surface area contributed by atoms with E-state index in [-0.39, 0.29) is 17.7 Å². The molecule has 6 nitrogen and oxygen atoms in total. The molecule has 0 saturated carbocycles. The molecule has 0 aliphatic carbocycles. The third-order valence-electron chi connectivity index (χ3n) is 4.21. The minimum atomic E-state index is -0.561. The number of nitrogens with zero attached hydrogens (tertiary/aromatic N) is 1. The summed E-state index contributed by atoms with van der Waals surface area (Å²) in [5.74, 6) is 0.171. The number of thiazole rings is 1. The number of benzene rings is 2. The van der Waals surface area contributed by atoms with E-state index in [0.29, 0.717) is 16.6 Å². The summed E-state index contributed by atoms with van der Waals surface area (Å²) in [5.41, 5.74) is 1.99. The third-order valence-corrected chi connectivity index (χ3v) is 5.14. The van der Waals surface area contributed by atoms with Crippen molar-refractivity contribution in [2.75, 3.05) is 7.11 Å². The van der Waals surface area contributed by atoms with Crippen molar-refractivity contribution in [1.29, 1.82) is 0 Å². The topological polar surface area (TPSA) is 81.3 Å². The number of hydrogen-bond donors (Lipinski definition) is 1. The van der Waals surface area contributed by atoms with Crippen molar-refractivity contribution in [1.82, 2.24) is 9.97 Å². The first-order valence-electron chi connectivity index (χ1n) is 8.52. The second-order valence-corrected chi connectivity index (χ2v) is 6.87. The number of nitrogens with one attached hydrogen (secondary N) is 1. The van der Waals surface area contributed by atoms with Crippen LogP contribution in [0.5, 0.6) is 5.75 Å². The van der Waals surface area contributed by atoms with E-state index < -0.39 is 5.97 Å². The number of methoxy groups -OCH3 is 1. The lowest BCUT2D eigenvalue weighted by Gasteiger charge is -2.06. The standard InChI is InChI=1S/C21H16N2O4S/c1-26-18-9-5-3-7-15(18)20-22-13(12-28-20)11-27-21(25)16-10-19(24)23-17-8-4-2-6-14(16)17/h2-10,12H,11H2,1H3,(H,23,24). The maximum Gasteiger partial charge on any atom is 0.339 e. The van der Waals surface area contributed by atoms with Gasteiger partial charge in [0.1, 0.15) is 17.4 Å². The summed E-state index contributed by atoms with van der Waals surface area (Å²) in [6.07, 6.45) is 0. The molecule has 7 heteroatoms. The lowest BCUT2D eigenvalue weighted by atomic mass is 10.1. The van der Waals surface area contributed by atoms with Crippen LogP contribution in [0.3, 0.4) is 0 Å². The molecule has 0 bridgehead atoms. The van der Waals surface area contributed by atoms with Crippen molar-refractivity contribution < 1.29 is 14.3 Å². The molecular weight excluding hydrogens is 376 g/mol. The Kier molecular flexibility index (Phi) is 4.90. The number of carbonyl (C=O) groups excluding carboxylic acids is 1. The zero-order chi connectivity index (χ0) is 19.5. The highest BCUT2D eigenvalue weighted by Crippen LogP contribution is 2.32. The maximum atomic E-state index is 12.5. The highest BCUT2D eigenvalue weighted by atomic mass is 32.1. The predicted octanol–water partition coefficient (Wildman–Crippen LogP) is 4.02. The van der Waals surface area contributed by atoms with E-state index in [1.807, 2.05) is 29.6 Å². The molecule has 1 N–H and O–H groups in total. The summed E-state index contributed by atoms with van der Waals surface area (Å²) in [7, 11) is 1.61. The molecule has 2 heterocycles. The molecule has 0 saturated heterocycles. The van der Waals surface area contributed by atoms with Gasteiger partial charge in [0, 0.05) is 22.3 Å². The lowest BCUT2D eigenvalue weighted by Crippen LogP contribution is -2.13. The number of para-hydroxylation sites is 2. The first kappa shape index (κ1) is 17.9. The molecule has 0 unspecified atom stereocenters. The highest BCUT2D eigenvalue weighted by Gasteiger charge is 2.15. The fourth-order valence-corrected chi connectivity index (χ4v) is 3.74. The van der Waals surface area contributed by atoms with Crippen molar-refractivity contribution in [2.24, 2.45) is 0 Å². The first-order valence-corrected chi connectivity index (χ1v) is 9.40. The van der Waals surface area contributed by atoms with Crippen LogP contribution in [0.25, 0.3) is 21.5 Å². The van der Waals surface area contributed by atoms with Gasteiger partial charge in [0.2, 0.25) is 5.56 Å². The fraction of sp³-hybridized carbons (Fsp3) is 0.0952. The van der Waals surface area contributed by atoms with E-state index in [2.05, 4.69) is 9.97 Å². The summed E-state index contributed by atoms with van der Waals surface area (Å²) in [6, 6.07) is 16.0. The Hall–Kier alpha value is -3.45. The molecule has 0 atom stereocenters. The van der Waals surface area contributed by atoms with Crippen LogP contribution in [0.1, 0.15) is 16.1 Å². The zero-order valence-electron chi connectivity index (χ0n) is 15.0. The second-order valence-electron chi connectivity index (χ2n) is 6.01. The minimum Gasteiger partial charge on any atom is -0.496 e. The van der Waals surface area contributed by atoms with Gasteiger partial charge < -0.3 is 14.5 Å². The molecule has 0 aliphatic heterocycles. The number of rotatable bonds is 5. The molecule has 0 spiro atoms. The summed E-state index contributed by atoms with van der Waals surface area (Å²) < 4.78 is 10.8. The van der Waals surface area contributed by atoms with Gasteiger partial charge in [-0.25, -0.2) is 9.78 Å². The van der Waals surface area contributed by atoms with E-state index in [0.717, 1.165) is 16.3 Å². The summed E-state index contributed by atoms with van der Waals surface area (Å²) >= 11 is 1.45. The molecule has 2 aromatic heterocycles. The Balaban J connectivity index is 1.54. The van der Waals surface area contributed by atoms with E-state index in [1.165, 1.54) is 17.4 Å². The van der Waals surface area contributed by atoms with Crippen LogP contribution >= 0.6 is 11.3 Å². The Morgan fingerprint density at radius 1 is 1.14 bits per heavy atom. The average molecular weight is 392 g/mol. The number of pyridine rings is 1. The van der Waals surface area contributed by atoms with Gasteiger partial charge in [0.05, 0.1) is 23.9 Å². The van der Waals surface area contributed by atoms with E-state index in [9.17, 15) is 9.59 Å². The second kappa shape index (κ2) is 7.66. The van der Waals surface area contributed by atoms with Gasteiger partial charge in [-0.05, 0) is 18.2 Å². The van der Waals surface area contributed by atoms with Gasteiger partial charge in [-0.1, -0.05) is 30.3 Å². The first-order chi connectivity index (χ1) is 13.7. The van der Waals surface area contributed by atoms with Gasteiger partial charge in [-0.15, -0.1) is 11.3 Å². The van der Waals surface area contributed by atoms with E-state index in [1.54, 1.807) is 31.4 Å². The van der Waals surface area contributed by atoms with E-state index >= 15 is 0 Å². The van der Waals surface area contributed by atoms with Crippen LogP contribution in [-0.4, -0.2) is 23.0 Å². The van der Waals surface area contributed by atoms with Crippen molar-refractivity contribution in [3.05, 3.63) is 81.6 Å². The van der Waals surface area contributed by atoms with Crippen molar-refractivity contribution >= 4 is 28.2 Å². The zero-order valence-corrected chi connectivity index (χ0v) is 15.8. The number of aromatic nitrogens is 2. The van der Waals surface area contributed by atoms with Crippen LogP contribution in [0, 0.1) is 0 Å². The number of carbonyl (C=O) groups is 1. The van der Waals surface area contributed by atoms with Gasteiger partial charge in [-0.3, -0.25) is 4.79 Å². The van der Waals surface area contributed by atoms with Crippen LogP contribution < -0.4 is 10.3 Å². The highest BCUT2D eigenvalue weighted by molar-refractivity contribution is 7.13. The van der Waals surface area contributed by atoms with Crippen molar-refractivity contribution in [2.45, 2.75) is 6.61 Å². The summed E-state index contributed by atoms with van der Waals surface area (Å²) in [5, 5.41) is 3.26. The van der Waals surface area contributed by atoms with Crippen molar-refractivity contribution in [3.63, 3.8) is 0 Å². The van der Waals surface area contributed by atoms with Crippen molar-refractivity contribution in [3.8, 4) is 16.3 Å². The Labute approximate surface area is 164 Å². The number of esters is 1. The molecule has 4 aromatic rings. The average Bonchev–Trinajstić information content (AvgIpc) is 3.20. The SMILES string of the molecule is COc1ccccc1-c1nc(COC(=O)c2cc(=O)[nH]c3ccccc23)cs1. The van der Waals surface area contributed by atoms with E-state index in [4.69, 9.17) is 9.47 Å². The molecule has 0 radical (unpaired) electrons. The normalized spacial score (nSPS) is 10.8. The molecule has 140 valence electrons. The fourth-order valence-electron chi connectivity index (χ4n) is 2.91. The van der Waals surface area contributed by atoms with Crippen LogP contribution in [0.2, 0.25) is 0 Å². The number of ether oxygens (including phenoxy) is 2. The number of hydrogen-bond acceptors (Lipinski definition) is 6. The molecule has 2 aromatic carbocycles. The molecule has 0 amide bonds.